The summed E-state index contributed by atoms with van der Waals surface area (Å²) in [6.45, 7) is 5.77. The molecule has 10 nitrogen and oxygen atoms in total. The second-order valence-electron chi connectivity index (χ2n) is 11.8. The van der Waals surface area contributed by atoms with Gasteiger partial charge in [0.2, 0.25) is 0 Å². The van der Waals surface area contributed by atoms with E-state index in [-0.39, 0.29) is 19.6 Å². The molecule has 238 valence electrons. The molecule has 1 atom stereocenters. The van der Waals surface area contributed by atoms with E-state index in [2.05, 4.69) is 24.0 Å². The third-order valence-corrected chi connectivity index (χ3v) is 10.2. The fourth-order valence-electron chi connectivity index (χ4n) is 6.32. The van der Waals surface area contributed by atoms with Crippen molar-refractivity contribution >= 4 is 62.9 Å². The number of thiophene rings is 1. The van der Waals surface area contributed by atoms with Crippen LogP contribution >= 0.6 is 22.9 Å². The number of amides is 2. The Hall–Kier alpha value is -4.87. The molecule has 2 aliphatic rings. The number of benzene rings is 3. The normalized spacial score (nSPS) is 15.3. The summed E-state index contributed by atoms with van der Waals surface area (Å²) in [7, 11) is 3.84. The lowest BCUT2D eigenvalue weighted by molar-refractivity contribution is -0.144. The average Bonchev–Trinajstić information content (AvgIpc) is 3.53. The Morgan fingerprint density at radius 2 is 1.70 bits per heavy atom. The summed E-state index contributed by atoms with van der Waals surface area (Å²) in [5.74, 6) is -0.143. The van der Waals surface area contributed by atoms with Gasteiger partial charge in [0.25, 0.3) is 11.8 Å². The molecule has 0 unspecified atom stereocenters. The maximum absolute atomic E-state index is 13.5. The number of carbonyl (C=O) groups excluding carboxylic acids is 3. The highest BCUT2D eigenvalue weighted by Crippen LogP contribution is 2.40. The first kappa shape index (κ1) is 30.8. The van der Waals surface area contributed by atoms with Gasteiger partial charge < -0.3 is 9.64 Å². The maximum Gasteiger partial charge on any atom is 0.308 e. The van der Waals surface area contributed by atoms with Crippen LogP contribution in [0.3, 0.4) is 0 Å². The van der Waals surface area contributed by atoms with Gasteiger partial charge in [-0.15, -0.1) is 21.5 Å². The summed E-state index contributed by atoms with van der Waals surface area (Å²) in [5, 5.41) is 11.8. The topological polar surface area (TPSA) is 110 Å². The van der Waals surface area contributed by atoms with Gasteiger partial charge in [-0.2, -0.15) is 0 Å². The van der Waals surface area contributed by atoms with E-state index >= 15 is 0 Å². The van der Waals surface area contributed by atoms with Gasteiger partial charge in [0.05, 0.1) is 18.7 Å². The van der Waals surface area contributed by atoms with Crippen LogP contribution in [-0.2, 0) is 9.53 Å². The number of aliphatic imine (C=N–C) groups is 1. The number of hydrogen-bond acceptors (Lipinski definition) is 9. The van der Waals surface area contributed by atoms with E-state index < -0.39 is 23.8 Å². The third kappa shape index (κ3) is 5.10. The van der Waals surface area contributed by atoms with Gasteiger partial charge >= 0.3 is 5.97 Å². The van der Waals surface area contributed by atoms with Crippen molar-refractivity contribution in [1.29, 1.82) is 0 Å². The molecule has 0 N–H and O–H groups in total. The lowest BCUT2D eigenvalue weighted by atomic mass is 9.93. The zero-order chi connectivity index (χ0) is 33.1. The van der Waals surface area contributed by atoms with Crippen LogP contribution in [0.1, 0.15) is 66.4 Å². The van der Waals surface area contributed by atoms with Crippen LogP contribution in [0.5, 0.6) is 0 Å². The van der Waals surface area contributed by atoms with Gasteiger partial charge in [-0.1, -0.05) is 35.9 Å². The average molecular weight is 667 g/mol. The Kier molecular flexibility index (Phi) is 7.68. The number of fused-ring (bicyclic) bond motifs is 3. The fraction of sp³-hybridized carbons (Fsp3) is 0.257. The van der Waals surface area contributed by atoms with Gasteiger partial charge in [-0.25, -0.2) is 0 Å². The highest BCUT2D eigenvalue weighted by Gasteiger charge is 2.35. The van der Waals surface area contributed by atoms with Crippen molar-refractivity contribution in [2.75, 3.05) is 32.1 Å². The molecule has 0 saturated carbocycles. The highest BCUT2D eigenvalue weighted by atomic mass is 35.5. The lowest BCUT2D eigenvalue weighted by Gasteiger charge is -2.28. The summed E-state index contributed by atoms with van der Waals surface area (Å²) in [6.07, 6.45) is -0.112. The smallest absolute Gasteiger partial charge is 0.308 e. The molecule has 7 rings (SSSR count). The highest BCUT2D eigenvalue weighted by molar-refractivity contribution is 7.15. The van der Waals surface area contributed by atoms with E-state index in [9.17, 15) is 14.4 Å². The van der Waals surface area contributed by atoms with Crippen molar-refractivity contribution in [2.24, 2.45) is 4.99 Å². The van der Waals surface area contributed by atoms with Crippen molar-refractivity contribution in [2.45, 2.75) is 33.2 Å². The third-order valence-electron chi connectivity index (χ3n) is 8.75. The Morgan fingerprint density at radius 1 is 0.979 bits per heavy atom. The Balaban J connectivity index is 1.14. The predicted molar refractivity (Wildman–Crippen MR) is 182 cm³/mol. The van der Waals surface area contributed by atoms with Crippen molar-refractivity contribution in [3.63, 3.8) is 0 Å². The minimum Gasteiger partial charge on any atom is -0.464 e. The molecule has 4 heterocycles. The second-order valence-corrected chi connectivity index (χ2v) is 13.5. The van der Waals surface area contributed by atoms with Crippen LogP contribution in [0.15, 0.2) is 59.6 Å². The first-order chi connectivity index (χ1) is 22.5. The van der Waals surface area contributed by atoms with Crippen molar-refractivity contribution in [3.05, 3.63) is 104 Å². The number of ether oxygens (including phenoxy) is 1. The molecule has 2 aliphatic heterocycles. The molecule has 0 spiro atoms. The number of rotatable bonds is 7. The number of imide groups is 1. The van der Waals surface area contributed by atoms with E-state index in [0.29, 0.717) is 33.2 Å². The SMILES string of the molecule is Cc1sc2c(c1C)C(c1ccc(Cl)cc1)=N[C@@H](CC(=O)OCCN1C(=O)c3cccc4c(N(C)C)ccc(c34)C1=O)c1nnc(C)n1-2. The zero-order valence-corrected chi connectivity index (χ0v) is 28.1. The molecule has 47 heavy (non-hydrogen) atoms. The van der Waals surface area contributed by atoms with E-state index in [1.54, 1.807) is 23.5 Å². The van der Waals surface area contributed by atoms with Crippen molar-refractivity contribution < 1.29 is 19.1 Å². The number of carbonyl (C=O) groups is 3. The molecule has 5 aromatic rings. The molecule has 2 amide bonds. The van der Waals surface area contributed by atoms with Crippen LogP contribution in [-0.4, -0.2) is 70.4 Å². The van der Waals surface area contributed by atoms with E-state index in [1.807, 2.05) is 73.0 Å². The maximum atomic E-state index is 13.5. The summed E-state index contributed by atoms with van der Waals surface area (Å²) in [6, 6.07) is 15.8. The fourth-order valence-corrected chi connectivity index (χ4v) is 7.66. The molecule has 0 saturated heterocycles. The van der Waals surface area contributed by atoms with Crippen LogP contribution in [0.25, 0.3) is 15.8 Å². The minimum atomic E-state index is -0.692. The van der Waals surface area contributed by atoms with Crippen molar-refractivity contribution in [1.82, 2.24) is 19.7 Å². The number of nitrogens with zero attached hydrogens (tertiary/aromatic N) is 6. The molecular formula is C35H31ClN6O4S. The molecule has 12 heteroatoms. The molecular weight excluding hydrogens is 636 g/mol. The number of anilines is 1. The Morgan fingerprint density at radius 3 is 2.43 bits per heavy atom. The quantitative estimate of drug-likeness (QED) is 0.149. The lowest BCUT2D eigenvalue weighted by Crippen LogP contribution is -2.42. The standard InChI is InChI=1S/C35H31ClN6O4S/c1-18-19(2)47-35-29(18)31(21-9-11-22(36)12-10-21)37-26(32-39-38-20(3)42(32)35)17-28(43)46-16-15-41-33(44)24-8-6-7-23-27(40(4)5)14-13-25(30(23)24)34(41)45/h6-14,26H,15-17H2,1-5H3/t26-/m0/s1. The van der Waals surface area contributed by atoms with E-state index in [4.69, 9.17) is 21.3 Å². The van der Waals surface area contributed by atoms with Gasteiger partial charge in [0.15, 0.2) is 5.82 Å². The van der Waals surface area contributed by atoms with Crippen molar-refractivity contribution in [3.8, 4) is 5.00 Å². The monoisotopic (exact) mass is 666 g/mol. The molecule has 0 bridgehead atoms. The van der Waals surface area contributed by atoms with Gasteiger partial charge in [0.1, 0.15) is 23.5 Å². The summed E-state index contributed by atoms with van der Waals surface area (Å²) in [5.41, 5.74) is 5.46. The molecule has 0 fully saturated rings. The van der Waals surface area contributed by atoms with Gasteiger partial charge in [-0.3, -0.25) is 28.8 Å². The first-order valence-electron chi connectivity index (χ1n) is 15.2. The Labute approximate surface area is 280 Å². The predicted octanol–water partition coefficient (Wildman–Crippen LogP) is 6.25. The number of halogens is 1. The molecule has 0 aliphatic carbocycles. The van der Waals surface area contributed by atoms with Crippen LogP contribution in [0, 0.1) is 20.8 Å². The Bertz CT molecular complexity index is 2130. The van der Waals surface area contributed by atoms with Crippen LogP contribution in [0.2, 0.25) is 5.02 Å². The van der Waals surface area contributed by atoms with Gasteiger partial charge in [-0.05, 0) is 56.7 Å². The largest absolute Gasteiger partial charge is 0.464 e. The first-order valence-corrected chi connectivity index (χ1v) is 16.4. The number of hydrogen-bond donors (Lipinski definition) is 0. The number of aromatic nitrogens is 3. The number of esters is 1. The zero-order valence-electron chi connectivity index (χ0n) is 26.5. The summed E-state index contributed by atoms with van der Waals surface area (Å²) < 4.78 is 7.61. The summed E-state index contributed by atoms with van der Waals surface area (Å²) in [4.78, 5) is 49.7. The molecule has 3 aromatic carbocycles. The van der Waals surface area contributed by atoms with Crippen LogP contribution in [0.4, 0.5) is 5.69 Å². The second kappa shape index (κ2) is 11.7. The van der Waals surface area contributed by atoms with Crippen LogP contribution < -0.4 is 4.90 Å². The van der Waals surface area contributed by atoms with Gasteiger partial charge in [0, 0.05) is 62.7 Å². The molecule has 2 aromatic heterocycles. The van der Waals surface area contributed by atoms with E-state index in [0.717, 1.165) is 48.3 Å². The molecule has 0 radical (unpaired) electrons. The number of aryl methyl sites for hydroxylation is 2. The van der Waals surface area contributed by atoms with E-state index in [1.165, 1.54) is 0 Å². The summed E-state index contributed by atoms with van der Waals surface area (Å²) >= 11 is 7.84. The minimum absolute atomic E-state index is 0.0797.